The van der Waals surface area contributed by atoms with Gasteiger partial charge < -0.3 is 5.73 Å². The molecule has 0 saturated carbocycles. The van der Waals surface area contributed by atoms with Gasteiger partial charge in [0.15, 0.2) is 0 Å². The minimum Gasteiger partial charge on any atom is -0.396 e. The fraction of sp³-hybridized carbons (Fsp3) is 0.455. The number of rotatable bonds is 3. The van der Waals surface area contributed by atoms with E-state index in [4.69, 9.17) is 5.73 Å². The topological polar surface area (TPSA) is 26.0 Å². The van der Waals surface area contributed by atoms with Gasteiger partial charge in [-0.1, -0.05) is 19.9 Å². The van der Waals surface area contributed by atoms with Gasteiger partial charge in [0.1, 0.15) is 5.82 Å². The Morgan fingerprint density at radius 3 is 2.38 bits per heavy atom. The first-order valence-corrected chi connectivity index (χ1v) is 4.74. The van der Waals surface area contributed by atoms with Crippen LogP contribution in [0.2, 0.25) is 0 Å². The number of hydrogen-bond donors (Lipinski definition) is 1. The van der Waals surface area contributed by atoms with Crippen LogP contribution >= 0.6 is 0 Å². The third-order valence-electron chi connectivity index (χ3n) is 2.48. The molecule has 13 heavy (non-hydrogen) atoms. The summed E-state index contributed by atoms with van der Waals surface area (Å²) in [4.78, 5) is 0. The van der Waals surface area contributed by atoms with Gasteiger partial charge >= 0.3 is 0 Å². The molecule has 2 N–H and O–H groups in total. The van der Waals surface area contributed by atoms with E-state index >= 15 is 0 Å². The maximum absolute atomic E-state index is 12.8. The number of nitrogen functional groups attached to an aromatic ring is 1. The summed E-state index contributed by atoms with van der Waals surface area (Å²) in [6.45, 7) is 4.27. The van der Waals surface area contributed by atoms with E-state index in [1.807, 2.05) is 6.07 Å². The van der Waals surface area contributed by atoms with Gasteiger partial charge in [0.05, 0.1) is 5.69 Å². The number of anilines is 1. The number of nitrogens with two attached hydrogens (primary N) is 1. The molecule has 1 nitrogen and oxygen atoms in total. The van der Waals surface area contributed by atoms with E-state index < -0.39 is 0 Å². The molecule has 0 amide bonds. The van der Waals surface area contributed by atoms with Crippen molar-refractivity contribution in [2.75, 3.05) is 5.73 Å². The van der Waals surface area contributed by atoms with Crippen LogP contribution in [0.4, 0.5) is 10.1 Å². The van der Waals surface area contributed by atoms with Crippen LogP contribution < -0.4 is 5.73 Å². The Bertz CT molecular complexity index is 279. The lowest BCUT2D eigenvalue weighted by Crippen LogP contribution is -1.98. The highest BCUT2D eigenvalue weighted by Crippen LogP contribution is 2.25. The molecule has 0 aliphatic rings. The molecule has 1 rings (SSSR count). The van der Waals surface area contributed by atoms with Gasteiger partial charge in [-0.25, -0.2) is 4.39 Å². The van der Waals surface area contributed by atoms with Gasteiger partial charge in [0, 0.05) is 0 Å². The van der Waals surface area contributed by atoms with Crippen molar-refractivity contribution in [2.24, 2.45) is 0 Å². The Morgan fingerprint density at radius 1 is 1.31 bits per heavy atom. The fourth-order valence-corrected chi connectivity index (χ4v) is 1.58. The number of hydrogen-bond acceptors (Lipinski definition) is 1. The van der Waals surface area contributed by atoms with Crippen molar-refractivity contribution >= 4 is 5.69 Å². The van der Waals surface area contributed by atoms with Crippen molar-refractivity contribution < 1.29 is 4.39 Å². The van der Waals surface area contributed by atoms with Crippen molar-refractivity contribution in [3.8, 4) is 0 Å². The summed E-state index contributed by atoms with van der Waals surface area (Å²) < 4.78 is 12.8. The van der Waals surface area contributed by atoms with E-state index in [1.54, 1.807) is 6.07 Å². The molecule has 0 aromatic heterocycles. The Kier molecular flexibility index (Phi) is 3.29. The Hall–Kier alpha value is -1.05. The van der Waals surface area contributed by atoms with E-state index in [-0.39, 0.29) is 11.5 Å². The van der Waals surface area contributed by atoms with Crippen LogP contribution in [0.5, 0.6) is 0 Å². The molecule has 0 atom stereocenters. The zero-order valence-corrected chi connectivity index (χ0v) is 8.18. The van der Waals surface area contributed by atoms with E-state index in [0.717, 1.165) is 18.4 Å². The molecular weight excluding hydrogens is 165 g/mol. The molecule has 0 unspecified atom stereocenters. The molecule has 0 aliphatic heterocycles. The van der Waals surface area contributed by atoms with Crippen molar-refractivity contribution in [1.82, 2.24) is 0 Å². The highest BCUT2D eigenvalue weighted by molar-refractivity contribution is 5.43. The van der Waals surface area contributed by atoms with Crippen LogP contribution in [-0.4, -0.2) is 0 Å². The SMILES string of the molecule is CCC(CC)c1ccc(F)c(N)c1. The average Bonchev–Trinajstić information content (AvgIpc) is 2.13. The maximum atomic E-state index is 12.8. The quantitative estimate of drug-likeness (QED) is 0.711. The molecule has 0 heterocycles. The molecule has 0 fully saturated rings. The lowest BCUT2D eigenvalue weighted by Gasteiger charge is -2.13. The first-order chi connectivity index (χ1) is 6.19. The zero-order chi connectivity index (χ0) is 9.84. The zero-order valence-electron chi connectivity index (χ0n) is 8.18. The first-order valence-electron chi connectivity index (χ1n) is 4.74. The lowest BCUT2D eigenvalue weighted by atomic mass is 9.94. The van der Waals surface area contributed by atoms with E-state index in [9.17, 15) is 4.39 Å². The minimum atomic E-state index is -0.324. The molecule has 0 saturated heterocycles. The lowest BCUT2D eigenvalue weighted by molar-refractivity contribution is 0.620. The molecule has 2 heteroatoms. The van der Waals surface area contributed by atoms with E-state index in [1.165, 1.54) is 6.07 Å². The summed E-state index contributed by atoms with van der Waals surface area (Å²) in [5, 5.41) is 0. The Labute approximate surface area is 78.8 Å². The highest BCUT2D eigenvalue weighted by atomic mass is 19.1. The van der Waals surface area contributed by atoms with Gasteiger partial charge in [-0.3, -0.25) is 0 Å². The molecule has 72 valence electrons. The summed E-state index contributed by atoms with van der Waals surface area (Å²) in [6, 6.07) is 5.01. The molecule has 0 radical (unpaired) electrons. The van der Waals surface area contributed by atoms with Crippen molar-refractivity contribution in [3.63, 3.8) is 0 Å². The van der Waals surface area contributed by atoms with Crippen LogP contribution in [0.3, 0.4) is 0 Å². The third-order valence-corrected chi connectivity index (χ3v) is 2.48. The molecule has 0 bridgehead atoms. The second kappa shape index (κ2) is 4.26. The van der Waals surface area contributed by atoms with Crippen LogP contribution in [0.1, 0.15) is 38.2 Å². The van der Waals surface area contributed by atoms with Crippen LogP contribution in [0, 0.1) is 5.82 Å². The number of halogens is 1. The van der Waals surface area contributed by atoms with Gasteiger partial charge in [0.2, 0.25) is 0 Å². The van der Waals surface area contributed by atoms with E-state index in [0.29, 0.717) is 5.92 Å². The number of benzene rings is 1. The smallest absolute Gasteiger partial charge is 0.146 e. The van der Waals surface area contributed by atoms with Crippen LogP contribution in [-0.2, 0) is 0 Å². The second-order valence-electron chi connectivity index (χ2n) is 3.29. The van der Waals surface area contributed by atoms with Gasteiger partial charge in [-0.05, 0) is 36.5 Å². The van der Waals surface area contributed by atoms with Crippen molar-refractivity contribution in [3.05, 3.63) is 29.6 Å². The van der Waals surface area contributed by atoms with E-state index in [2.05, 4.69) is 13.8 Å². The summed E-state index contributed by atoms with van der Waals surface area (Å²) >= 11 is 0. The molecular formula is C11H16FN. The first kappa shape index (κ1) is 10.0. The van der Waals surface area contributed by atoms with Gasteiger partial charge in [-0.2, -0.15) is 0 Å². The van der Waals surface area contributed by atoms with Crippen molar-refractivity contribution in [2.45, 2.75) is 32.6 Å². The Balaban J connectivity index is 2.95. The molecule has 0 aliphatic carbocycles. The predicted octanol–water partition coefficient (Wildman–Crippen LogP) is 3.31. The second-order valence-corrected chi connectivity index (χ2v) is 3.29. The summed E-state index contributed by atoms with van der Waals surface area (Å²) in [7, 11) is 0. The maximum Gasteiger partial charge on any atom is 0.146 e. The third kappa shape index (κ3) is 2.20. The van der Waals surface area contributed by atoms with Crippen LogP contribution in [0.15, 0.2) is 18.2 Å². The average molecular weight is 181 g/mol. The standard InChI is InChI=1S/C11H16FN/c1-3-8(4-2)9-5-6-10(12)11(13)7-9/h5-8H,3-4,13H2,1-2H3. The monoisotopic (exact) mass is 181 g/mol. The Morgan fingerprint density at radius 2 is 1.92 bits per heavy atom. The largest absolute Gasteiger partial charge is 0.396 e. The summed E-state index contributed by atoms with van der Waals surface area (Å²) in [5.41, 5.74) is 6.89. The van der Waals surface area contributed by atoms with Gasteiger partial charge in [-0.15, -0.1) is 0 Å². The van der Waals surface area contributed by atoms with Crippen LogP contribution in [0.25, 0.3) is 0 Å². The predicted molar refractivity (Wildman–Crippen MR) is 54.1 cm³/mol. The summed E-state index contributed by atoms with van der Waals surface area (Å²) in [6.07, 6.45) is 2.14. The highest BCUT2D eigenvalue weighted by Gasteiger charge is 2.08. The normalized spacial score (nSPS) is 10.8. The molecule has 0 spiro atoms. The summed E-state index contributed by atoms with van der Waals surface area (Å²) in [5.74, 6) is 0.178. The fourth-order valence-electron chi connectivity index (χ4n) is 1.58. The van der Waals surface area contributed by atoms with Gasteiger partial charge in [0.25, 0.3) is 0 Å². The minimum absolute atomic E-state index is 0.254. The molecule has 1 aromatic rings. The molecule has 1 aromatic carbocycles. The van der Waals surface area contributed by atoms with Crippen molar-refractivity contribution in [1.29, 1.82) is 0 Å².